The van der Waals surface area contributed by atoms with Gasteiger partial charge in [-0.2, -0.15) is 5.10 Å². The van der Waals surface area contributed by atoms with E-state index < -0.39 is 0 Å². The van der Waals surface area contributed by atoms with Gasteiger partial charge in [-0.1, -0.05) is 60.7 Å². The maximum atomic E-state index is 13.1. The highest BCUT2D eigenvalue weighted by Crippen LogP contribution is 2.12. The van der Waals surface area contributed by atoms with Gasteiger partial charge in [-0.15, -0.1) is 0 Å². The van der Waals surface area contributed by atoms with E-state index in [0.717, 1.165) is 11.1 Å². The molecule has 0 bridgehead atoms. The molecular formula is C22H23N3O2. The highest BCUT2D eigenvalue weighted by Gasteiger charge is 2.21. The lowest BCUT2D eigenvalue weighted by Crippen LogP contribution is -2.38. The molecule has 0 spiro atoms. The van der Waals surface area contributed by atoms with Crippen molar-refractivity contribution in [3.63, 3.8) is 0 Å². The van der Waals surface area contributed by atoms with Crippen molar-refractivity contribution < 1.29 is 4.79 Å². The third-order valence-corrected chi connectivity index (χ3v) is 4.34. The summed E-state index contributed by atoms with van der Waals surface area (Å²) in [5.41, 5.74) is 2.06. The first-order valence-corrected chi connectivity index (χ1v) is 9.01. The van der Waals surface area contributed by atoms with E-state index >= 15 is 0 Å². The highest BCUT2D eigenvalue weighted by molar-refractivity contribution is 5.92. The fraction of sp³-hybridized carbons (Fsp3) is 0.227. The van der Waals surface area contributed by atoms with Crippen LogP contribution >= 0.6 is 0 Å². The van der Waals surface area contributed by atoms with Crippen molar-refractivity contribution in [1.29, 1.82) is 0 Å². The summed E-state index contributed by atoms with van der Waals surface area (Å²) in [5.74, 6) is -0.185. The molecule has 0 atom stereocenters. The lowest BCUT2D eigenvalue weighted by atomic mass is 10.1. The summed E-state index contributed by atoms with van der Waals surface area (Å²) >= 11 is 0. The second-order valence-corrected chi connectivity index (χ2v) is 6.71. The summed E-state index contributed by atoms with van der Waals surface area (Å²) in [4.78, 5) is 27.0. The molecule has 1 heterocycles. The molecule has 0 aliphatic carbocycles. The highest BCUT2D eigenvalue weighted by atomic mass is 16.2. The second kappa shape index (κ2) is 8.45. The predicted molar refractivity (Wildman–Crippen MR) is 105 cm³/mol. The molecule has 0 aliphatic heterocycles. The molecule has 27 heavy (non-hydrogen) atoms. The van der Waals surface area contributed by atoms with E-state index in [9.17, 15) is 9.59 Å². The molecule has 0 aliphatic rings. The van der Waals surface area contributed by atoms with Crippen molar-refractivity contribution in [2.75, 3.05) is 0 Å². The summed E-state index contributed by atoms with van der Waals surface area (Å²) in [6.45, 7) is 4.78. The van der Waals surface area contributed by atoms with Crippen molar-refractivity contribution in [1.82, 2.24) is 14.7 Å². The number of amides is 1. The maximum absolute atomic E-state index is 13.1. The van der Waals surface area contributed by atoms with Crippen LogP contribution in [0.1, 0.15) is 35.5 Å². The van der Waals surface area contributed by atoms with Crippen LogP contribution in [0.4, 0.5) is 0 Å². The molecule has 0 fully saturated rings. The molecule has 0 N–H and O–H groups in total. The molecule has 5 heteroatoms. The number of rotatable bonds is 6. The van der Waals surface area contributed by atoms with Gasteiger partial charge in [0.05, 0.1) is 6.54 Å². The van der Waals surface area contributed by atoms with Crippen molar-refractivity contribution in [2.24, 2.45) is 0 Å². The lowest BCUT2D eigenvalue weighted by Gasteiger charge is -2.26. The Morgan fingerprint density at radius 2 is 1.52 bits per heavy atom. The van der Waals surface area contributed by atoms with E-state index in [-0.39, 0.29) is 23.2 Å². The molecule has 5 nitrogen and oxygen atoms in total. The summed E-state index contributed by atoms with van der Waals surface area (Å²) in [7, 11) is 0. The van der Waals surface area contributed by atoms with Gasteiger partial charge in [-0.25, -0.2) is 4.68 Å². The van der Waals surface area contributed by atoms with Crippen LogP contribution in [0.3, 0.4) is 0 Å². The Balaban J connectivity index is 1.86. The minimum Gasteiger partial charge on any atom is -0.331 e. The molecule has 0 radical (unpaired) electrons. The summed E-state index contributed by atoms with van der Waals surface area (Å²) in [6, 6.07) is 22.4. The van der Waals surface area contributed by atoms with Gasteiger partial charge in [-0.3, -0.25) is 9.59 Å². The Morgan fingerprint density at radius 3 is 2.11 bits per heavy atom. The predicted octanol–water partition coefficient (Wildman–Crippen LogP) is 3.34. The van der Waals surface area contributed by atoms with Gasteiger partial charge in [0.25, 0.3) is 11.5 Å². The van der Waals surface area contributed by atoms with Gasteiger partial charge < -0.3 is 4.90 Å². The third kappa shape index (κ3) is 4.70. The molecule has 138 valence electrons. The normalized spacial score (nSPS) is 10.8. The standard InChI is InChI=1S/C22H23N3O2/c1-17(2)24(15-18-9-5-3-6-10-18)22(27)20-13-14-21(26)25(23-20)16-19-11-7-4-8-12-19/h3-14,17H,15-16H2,1-2H3. The molecule has 1 aromatic heterocycles. The first kappa shape index (κ1) is 18.6. The number of nitrogens with zero attached hydrogens (tertiary/aromatic N) is 3. The summed E-state index contributed by atoms with van der Waals surface area (Å²) in [5, 5.41) is 4.33. The fourth-order valence-electron chi connectivity index (χ4n) is 2.85. The SMILES string of the molecule is CC(C)N(Cc1ccccc1)C(=O)c1ccc(=O)n(Cc2ccccc2)n1. The Bertz CT molecular complexity index is 950. The zero-order valence-corrected chi connectivity index (χ0v) is 15.6. The van der Waals surface area contributed by atoms with Gasteiger partial charge in [0.2, 0.25) is 0 Å². The average Bonchev–Trinajstić information content (AvgIpc) is 2.69. The summed E-state index contributed by atoms with van der Waals surface area (Å²) < 4.78 is 1.34. The van der Waals surface area contributed by atoms with Crippen LogP contribution in [0, 0.1) is 0 Å². The van der Waals surface area contributed by atoms with Gasteiger partial charge >= 0.3 is 0 Å². The van der Waals surface area contributed by atoms with Crippen LogP contribution in [0.5, 0.6) is 0 Å². The zero-order valence-electron chi connectivity index (χ0n) is 15.6. The number of hydrogen-bond acceptors (Lipinski definition) is 3. The molecule has 3 rings (SSSR count). The Labute approximate surface area is 158 Å². The van der Waals surface area contributed by atoms with Crippen LogP contribution in [-0.2, 0) is 13.1 Å². The van der Waals surface area contributed by atoms with E-state index in [1.54, 1.807) is 4.90 Å². The minimum atomic E-state index is -0.227. The molecule has 0 saturated carbocycles. The Morgan fingerprint density at radius 1 is 0.926 bits per heavy atom. The van der Waals surface area contributed by atoms with E-state index in [1.807, 2.05) is 74.5 Å². The van der Waals surface area contributed by atoms with Crippen LogP contribution in [0.2, 0.25) is 0 Å². The van der Waals surface area contributed by atoms with Crippen molar-refractivity contribution in [2.45, 2.75) is 33.0 Å². The zero-order chi connectivity index (χ0) is 19.2. The number of benzene rings is 2. The van der Waals surface area contributed by atoms with Crippen LogP contribution in [-0.4, -0.2) is 26.6 Å². The first-order chi connectivity index (χ1) is 13.0. The fourth-order valence-corrected chi connectivity index (χ4v) is 2.85. The van der Waals surface area contributed by atoms with Gasteiger partial charge in [0.1, 0.15) is 5.69 Å². The molecule has 0 saturated heterocycles. The van der Waals surface area contributed by atoms with Crippen molar-refractivity contribution in [3.8, 4) is 0 Å². The molecular weight excluding hydrogens is 338 g/mol. The van der Waals surface area contributed by atoms with Gasteiger partial charge in [0, 0.05) is 18.7 Å². The molecule has 0 unspecified atom stereocenters. The Kier molecular flexibility index (Phi) is 5.81. The molecule has 1 amide bonds. The van der Waals surface area contributed by atoms with E-state index in [4.69, 9.17) is 0 Å². The minimum absolute atomic E-state index is 0.00834. The van der Waals surface area contributed by atoms with Crippen LogP contribution < -0.4 is 5.56 Å². The van der Waals surface area contributed by atoms with E-state index in [1.165, 1.54) is 16.8 Å². The number of hydrogen-bond donors (Lipinski definition) is 0. The van der Waals surface area contributed by atoms with E-state index in [2.05, 4.69) is 5.10 Å². The van der Waals surface area contributed by atoms with Crippen molar-refractivity contribution >= 4 is 5.91 Å². The quantitative estimate of drug-likeness (QED) is 0.677. The smallest absolute Gasteiger partial charge is 0.274 e. The maximum Gasteiger partial charge on any atom is 0.274 e. The van der Waals surface area contributed by atoms with Crippen LogP contribution in [0.25, 0.3) is 0 Å². The largest absolute Gasteiger partial charge is 0.331 e. The molecule has 2 aromatic carbocycles. The van der Waals surface area contributed by atoms with Crippen molar-refractivity contribution in [3.05, 3.63) is 100.0 Å². The molecule has 3 aromatic rings. The lowest BCUT2D eigenvalue weighted by molar-refractivity contribution is 0.0681. The number of aromatic nitrogens is 2. The number of carbonyl (C=O) groups is 1. The number of carbonyl (C=O) groups excluding carboxylic acids is 1. The van der Waals surface area contributed by atoms with Gasteiger partial charge in [0.15, 0.2) is 0 Å². The second-order valence-electron chi connectivity index (χ2n) is 6.71. The topological polar surface area (TPSA) is 55.2 Å². The first-order valence-electron chi connectivity index (χ1n) is 9.01. The van der Waals surface area contributed by atoms with Gasteiger partial charge in [-0.05, 0) is 31.0 Å². The third-order valence-electron chi connectivity index (χ3n) is 4.34. The average molecular weight is 361 g/mol. The monoisotopic (exact) mass is 361 g/mol. The van der Waals surface area contributed by atoms with E-state index in [0.29, 0.717) is 13.1 Å². The summed E-state index contributed by atoms with van der Waals surface area (Å²) in [6.07, 6.45) is 0. The van der Waals surface area contributed by atoms with Crippen LogP contribution in [0.15, 0.2) is 77.6 Å². The Hall–Kier alpha value is -3.21.